The van der Waals surface area contributed by atoms with Gasteiger partial charge in [-0.3, -0.25) is 4.79 Å². The summed E-state index contributed by atoms with van der Waals surface area (Å²) in [6.07, 6.45) is 4.16. The average Bonchev–Trinajstić information content (AvgIpc) is 3.23. The molecule has 162 valence electrons. The maximum atomic E-state index is 12.9. The van der Waals surface area contributed by atoms with Crippen LogP contribution in [0.1, 0.15) is 28.0 Å². The van der Waals surface area contributed by atoms with Crippen LogP contribution in [0.5, 0.6) is 0 Å². The Morgan fingerprint density at radius 3 is 2.37 bits per heavy atom. The minimum atomic E-state index is -3.73. The quantitative estimate of drug-likeness (QED) is 0.603. The third-order valence-electron chi connectivity index (χ3n) is 4.95. The van der Waals surface area contributed by atoms with E-state index < -0.39 is 10.0 Å². The fourth-order valence-electron chi connectivity index (χ4n) is 3.31. The minimum absolute atomic E-state index is 0.106. The highest BCUT2D eigenvalue weighted by atomic mass is 32.2. The summed E-state index contributed by atoms with van der Waals surface area (Å²) in [6, 6.07) is 5.85. The number of carbonyl (C=O) groups excluding carboxylic acids is 1. The standard InChI is InChI=1S/C20H26N4O5S/c1-28-12-10-24(11-13-29-2)30(26,27)16-8-6-15(7-9-16)20(25)23-19-17-4-3-5-18(17)21-14-22-19/h6-9,14H,3-5,10-13H2,1-2H3,(H,21,22,23,25). The molecular formula is C20H26N4O5S. The molecule has 0 radical (unpaired) electrons. The summed E-state index contributed by atoms with van der Waals surface area (Å²) < 4.78 is 37.2. The zero-order valence-corrected chi connectivity index (χ0v) is 17.9. The highest BCUT2D eigenvalue weighted by Crippen LogP contribution is 2.25. The lowest BCUT2D eigenvalue weighted by atomic mass is 10.2. The summed E-state index contributed by atoms with van der Waals surface area (Å²) in [6.45, 7) is 0.964. The first-order valence-electron chi connectivity index (χ1n) is 9.69. The Balaban J connectivity index is 1.74. The number of aromatic nitrogens is 2. The highest BCUT2D eigenvalue weighted by Gasteiger charge is 2.24. The van der Waals surface area contributed by atoms with E-state index in [-0.39, 0.29) is 37.1 Å². The van der Waals surface area contributed by atoms with Crippen molar-refractivity contribution in [2.45, 2.75) is 24.2 Å². The molecule has 30 heavy (non-hydrogen) atoms. The van der Waals surface area contributed by atoms with E-state index in [0.29, 0.717) is 11.4 Å². The number of anilines is 1. The molecule has 10 heteroatoms. The largest absolute Gasteiger partial charge is 0.383 e. The number of amides is 1. The van der Waals surface area contributed by atoms with Crippen molar-refractivity contribution in [3.63, 3.8) is 0 Å². The van der Waals surface area contributed by atoms with Gasteiger partial charge in [-0.1, -0.05) is 0 Å². The third-order valence-corrected chi connectivity index (χ3v) is 6.86. The third kappa shape index (κ3) is 5.01. The smallest absolute Gasteiger partial charge is 0.256 e. The van der Waals surface area contributed by atoms with Gasteiger partial charge in [0, 0.05) is 44.1 Å². The molecule has 3 rings (SSSR count). The lowest BCUT2D eigenvalue weighted by molar-refractivity contribution is 0.102. The maximum absolute atomic E-state index is 12.9. The van der Waals surface area contributed by atoms with Gasteiger partial charge in [0.2, 0.25) is 10.0 Å². The Morgan fingerprint density at radius 2 is 1.73 bits per heavy atom. The zero-order chi connectivity index (χ0) is 21.6. The first kappa shape index (κ1) is 22.3. The fraction of sp³-hybridized carbons (Fsp3) is 0.450. The van der Waals surface area contributed by atoms with E-state index in [1.807, 2.05) is 0 Å². The van der Waals surface area contributed by atoms with E-state index in [2.05, 4.69) is 15.3 Å². The monoisotopic (exact) mass is 434 g/mol. The number of methoxy groups -OCH3 is 2. The van der Waals surface area contributed by atoms with Crippen molar-refractivity contribution in [3.05, 3.63) is 47.4 Å². The van der Waals surface area contributed by atoms with Gasteiger partial charge in [-0.25, -0.2) is 18.4 Å². The van der Waals surface area contributed by atoms with E-state index in [4.69, 9.17) is 9.47 Å². The van der Waals surface area contributed by atoms with Gasteiger partial charge >= 0.3 is 0 Å². The lowest BCUT2D eigenvalue weighted by Gasteiger charge is -2.21. The van der Waals surface area contributed by atoms with Crippen LogP contribution in [0, 0.1) is 0 Å². The van der Waals surface area contributed by atoms with Crippen molar-refractivity contribution >= 4 is 21.7 Å². The number of hydrogen-bond acceptors (Lipinski definition) is 7. The van der Waals surface area contributed by atoms with Crippen LogP contribution < -0.4 is 5.32 Å². The Kier molecular flexibility index (Phi) is 7.48. The van der Waals surface area contributed by atoms with Gasteiger partial charge in [-0.2, -0.15) is 4.31 Å². The average molecular weight is 435 g/mol. The number of benzene rings is 1. The molecule has 1 aromatic heterocycles. The van der Waals surface area contributed by atoms with Gasteiger partial charge in [-0.05, 0) is 43.5 Å². The van der Waals surface area contributed by atoms with Crippen molar-refractivity contribution in [2.24, 2.45) is 0 Å². The van der Waals surface area contributed by atoms with Crippen LogP contribution in [-0.4, -0.2) is 69.1 Å². The topological polar surface area (TPSA) is 111 Å². The van der Waals surface area contributed by atoms with E-state index >= 15 is 0 Å². The van der Waals surface area contributed by atoms with Gasteiger partial charge in [0.15, 0.2) is 0 Å². The molecule has 1 amide bonds. The molecule has 0 saturated carbocycles. The Hall–Kier alpha value is -2.40. The van der Waals surface area contributed by atoms with Gasteiger partial charge in [0.1, 0.15) is 12.1 Å². The predicted octanol–water partition coefficient (Wildman–Crippen LogP) is 1.50. The second-order valence-corrected chi connectivity index (χ2v) is 8.81. The second-order valence-electron chi connectivity index (χ2n) is 6.87. The number of carbonyl (C=O) groups is 1. The number of sulfonamides is 1. The number of fused-ring (bicyclic) bond motifs is 1. The van der Waals surface area contributed by atoms with E-state index in [0.717, 1.165) is 30.5 Å². The Labute approximate surface area is 176 Å². The summed E-state index contributed by atoms with van der Waals surface area (Å²) in [5, 5.41) is 2.81. The molecule has 1 aliphatic carbocycles. The van der Waals surface area contributed by atoms with Gasteiger partial charge in [0.05, 0.1) is 18.1 Å². The van der Waals surface area contributed by atoms with Crippen LogP contribution in [0.15, 0.2) is 35.5 Å². The number of nitrogens with zero attached hydrogens (tertiary/aromatic N) is 3. The summed E-state index contributed by atoms with van der Waals surface area (Å²) >= 11 is 0. The molecule has 1 N–H and O–H groups in total. The summed E-state index contributed by atoms with van der Waals surface area (Å²) in [7, 11) is -0.703. The molecule has 9 nitrogen and oxygen atoms in total. The zero-order valence-electron chi connectivity index (χ0n) is 17.1. The van der Waals surface area contributed by atoms with Gasteiger partial charge < -0.3 is 14.8 Å². The van der Waals surface area contributed by atoms with E-state index in [9.17, 15) is 13.2 Å². The first-order chi connectivity index (χ1) is 14.5. The molecule has 1 heterocycles. The van der Waals surface area contributed by atoms with Crippen molar-refractivity contribution in [1.82, 2.24) is 14.3 Å². The van der Waals surface area contributed by atoms with E-state index in [1.165, 1.54) is 49.1 Å². The number of ether oxygens (including phenoxy) is 2. The summed E-state index contributed by atoms with van der Waals surface area (Å²) in [4.78, 5) is 21.2. The normalized spacial score (nSPS) is 13.4. The van der Waals surface area contributed by atoms with Crippen LogP contribution in [0.2, 0.25) is 0 Å². The second kappa shape index (κ2) is 10.1. The van der Waals surface area contributed by atoms with Crippen LogP contribution >= 0.6 is 0 Å². The first-order valence-corrected chi connectivity index (χ1v) is 11.1. The van der Waals surface area contributed by atoms with Crippen molar-refractivity contribution < 1.29 is 22.7 Å². The Morgan fingerprint density at radius 1 is 1.07 bits per heavy atom. The van der Waals surface area contributed by atoms with Crippen LogP contribution in [0.3, 0.4) is 0 Å². The predicted molar refractivity (Wildman–Crippen MR) is 111 cm³/mol. The molecule has 0 bridgehead atoms. The molecule has 0 spiro atoms. The fourth-order valence-corrected chi connectivity index (χ4v) is 4.72. The number of aryl methyl sites for hydroxylation is 1. The van der Waals surface area contributed by atoms with Crippen LogP contribution in [0.4, 0.5) is 5.82 Å². The van der Waals surface area contributed by atoms with Crippen molar-refractivity contribution in [1.29, 1.82) is 0 Å². The molecule has 1 aliphatic rings. The van der Waals surface area contributed by atoms with Gasteiger partial charge in [-0.15, -0.1) is 0 Å². The maximum Gasteiger partial charge on any atom is 0.256 e. The number of rotatable bonds is 10. The highest BCUT2D eigenvalue weighted by molar-refractivity contribution is 7.89. The number of hydrogen-bond donors (Lipinski definition) is 1. The molecule has 2 aromatic rings. The molecular weight excluding hydrogens is 408 g/mol. The van der Waals surface area contributed by atoms with Crippen LogP contribution in [-0.2, 0) is 32.3 Å². The van der Waals surface area contributed by atoms with Crippen molar-refractivity contribution in [3.8, 4) is 0 Å². The lowest BCUT2D eigenvalue weighted by Crippen LogP contribution is -2.36. The minimum Gasteiger partial charge on any atom is -0.383 e. The molecule has 0 fully saturated rings. The van der Waals surface area contributed by atoms with Crippen LogP contribution in [0.25, 0.3) is 0 Å². The molecule has 1 aromatic carbocycles. The van der Waals surface area contributed by atoms with Gasteiger partial charge in [0.25, 0.3) is 5.91 Å². The number of nitrogens with one attached hydrogen (secondary N) is 1. The summed E-state index contributed by atoms with van der Waals surface area (Å²) in [5.74, 6) is 0.173. The molecule has 0 atom stereocenters. The molecule has 0 saturated heterocycles. The Bertz CT molecular complexity index is 971. The van der Waals surface area contributed by atoms with Crippen molar-refractivity contribution in [2.75, 3.05) is 45.8 Å². The summed E-state index contributed by atoms with van der Waals surface area (Å²) in [5.41, 5.74) is 2.28. The molecule has 0 aliphatic heterocycles. The molecule has 0 unspecified atom stereocenters. The SMILES string of the molecule is COCCN(CCOC)S(=O)(=O)c1ccc(C(=O)Nc2ncnc3c2CCC3)cc1. The van der Waals surface area contributed by atoms with E-state index in [1.54, 1.807) is 0 Å².